The molecule has 0 fully saturated rings. The number of hydrogen-bond donors (Lipinski definition) is 1. The van der Waals surface area contributed by atoms with Gasteiger partial charge in [0.15, 0.2) is 0 Å². The van der Waals surface area contributed by atoms with Crippen LogP contribution in [0.1, 0.15) is 34.0 Å². The van der Waals surface area contributed by atoms with Gasteiger partial charge in [-0.15, -0.1) is 0 Å². The molecule has 4 nitrogen and oxygen atoms in total. The van der Waals surface area contributed by atoms with Crippen LogP contribution in [-0.2, 0) is 13.0 Å². The number of halogens is 3. The molecular formula is C29H27Cl3N2O2. The van der Waals surface area contributed by atoms with Gasteiger partial charge in [0.1, 0.15) is 5.75 Å². The number of ether oxygens (including phenoxy) is 1. The van der Waals surface area contributed by atoms with E-state index >= 15 is 0 Å². The first-order chi connectivity index (χ1) is 17.2. The summed E-state index contributed by atoms with van der Waals surface area (Å²) in [7, 11) is 1.55. The second-order valence-electron chi connectivity index (χ2n) is 8.70. The molecule has 36 heavy (non-hydrogen) atoms. The van der Waals surface area contributed by atoms with Crippen LogP contribution in [0.2, 0.25) is 15.1 Å². The fourth-order valence-electron chi connectivity index (χ4n) is 4.57. The summed E-state index contributed by atoms with van der Waals surface area (Å²) in [5.41, 5.74) is 11.8. The Morgan fingerprint density at radius 1 is 0.889 bits per heavy atom. The molecule has 1 unspecified atom stereocenters. The predicted molar refractivity (Wildman–Crippen MR) is 150 cm³/mol. The van der Waals surface area contributed by atoms with Crippen LogP contribution in [0.25, 0.3) is 11.1 Å². The lowest BCUT2D eigenvalue weighted by molar-refractivity contribution is 0.415. The molecule has 186 valence electrons. The van der Waals surface area contributed by atoms with Crippen LogP contribution in [0.4, 0.5) is 0 Å². The first-order valence-corrected chi connectivity index (χ1v) is 12.7. The van der Waals surface area contributed by atoms with E-state index < -0.39 is 0 Å². The third kappa shape index (κ3) is 5.05. The molecule has 1 aromatic heterocycles. The highest BCUT2D eigenvalue weighted by Gasteiger charge is 2.23. The fraction of sp³-hybridized carbons (Fsp3) is 0.207. The standard InChI is InChI=1S/C29H27Cl3N2O2/c1-17-21(15-22-23(30)12-8-13-24(22)31)18(2)34(16-25(33)19-9-5-4-6-10-19)29(35)27(17)20-11-7-14-26(36-3)28(20)32/h4-14,25H,15-16,33H2,1-3H3. The van der Waals surface area contributed by atoms with Crippen molar-refractivity contribution in [1.29, 1.82) is 0 Å². The minimum Gasteiger partial charge on any atom is -0.495 e. The zero-order valence-corrected chi connectivity index (χ0v) is 22.6. The Bertz CT molecular complexity index is 1450. The van der Waals surface area contributed by atoms with Crippen LogP contribution in [0.15, 0.2) is 71.5 Å². The fourth-order valence-corrected chi connectivity index (χ4v) is 5.40. The van der Waals surface area contributed by atoms with Crippen LogP contribution in [0.3, 0.4) is 0 Å². The Balaban J connectivity index is 1.96. The van der Waals surface area contributed by atoms with Gasteiger partial charge < -0.3 is 15.0 Å². The lowest BCUT2D eigenvalue weighted by Crippen LogP contribution is -2.31. The van der Waals surface area contributed by atoms with Crippen LogP contribution in [0, 0.1) is 13.8 Å². The Hall–Kier alpha value is -2.76. The lowest BCUT2D eigenvalue weighted by atomic mass is 9.92. The average molecular weight is 542 g/mol. The number of rotatable bonds is 7. The van der Waals surface area contributed by atoms with Gasteiger partial charge in [-0.05, 0) is 54.3 Å². The van der Waals surface area contributed by atoms with Crippen LogP contribution in [-0.4, -0.2) is 11.7 Å². The van der Waals surface area contributed by atoms with Gasteiger partial charge in [-0.2, -0.15) is 0 Å². The van der Waals surface area contributed by atoms with E-state index in [1.54, 1.807) is 17.7 Å². The third-order valence-electron chi connectivity index (χ3n) is 6.60. The minimum absolute atomic E-state index is 0.166. The van der Waals surface area contributed by atoms with Gasteiger partial charge in [-0.25, -0.2) is 0 Å². The monoisotopic (exact) mass is 540 g/mol. The highest BCUT2D eigenvalue weighted by atomic mass is 35.5. The van der Waals surface area contributed by atoms with E-state index in [9.17, 15) is 4.79 Å². The molecule has 0 radical (unpaired) electrons. The van der Waals surface area contributed by atoms with E-state index in [2.05, 4.69) is 0 Å². The van der Waals surface area contributed by atoms with Crippen LogP contribution < -0.4 is 16.0 Å². The summed E-state index contributed by atoms with van der Waals surface area (Å²) < 4.78 is 7.16. The van der Waals surface area contributed by atoms with Gasteiger partial charge in [0.25, 0.3) is 5.56 Å². The number of benzene rings is 3. The Morgan fingerprint density at radius 2 is 1.53 bits per heavy atom. The zero-order chi connectivity index (χ0) is 26.0. The summed E-state index contributed by atoms with van der Waals surface area (Å²) in [5, 5.41) is 1.52. The molecule has 0 aliphatic rings. The van der Waals surface area contributed by atoms with Crippen molar-refractivity contribution in [3.63, 3.8) is 0 Å². The van der Waals surface area contributed by atoms with Crippen LogP contribution in [0.5, 0.6) is 5.75 Å². The number of nitrogens with zero attached hydrogens (tertiary/aromatic N) is 1. The van der Waals surface area contributed by atoms with E-state index in [1.807, 2.05) is 74.5 Å². The number of nitrogens with two attached hydrogens (primary N) is 1. The maximum Gasteiger partial charge on any atom is 0.259 e. The van der Waals surface area contributed by atoms with Gasteiger partial charge in [-0.1, -0.05) is 83.3 Å². The first kappa shape index (κ1) is 26.3. The smallest absolute Gasteiger partial charge is 0.259 e. The summed E-state index contributed by atoms with van der Waals surface area (Å²) >= 11 is 19.8. The summed E-state index contributed by atoms with van der Waals surface area (Å²) in [6, 6.07) is 20.2. The van der Waals surface area contributed by atoms with E-state index in [4.69, 9.17) is 45.3 Å². The topological polar surface area (TPSA) is 57.2 Å². The summed E-state index contributed by atoms with van der Waals surface area (Å²) in [5.74, 6) is 0.497. The molecule has 4 aromatic rings. The summed E-state index contributed by atoms with van der Waals surface area (Å²) in [6.07, 6.45) is 0.450. The number of aromatic nitrogens is 1. The van der Waals surface area contributed by atoms with Crippen molar-refractivity contribution in [2.75, 3.05) is 7.11 Å². The molecule has 0 bridgehead atoms. The van der Waals surface area contributed by atoms with Gasteiger partial charge in [0, 0.05) is 40.3 Å². The zero-order valence-electron chi connectivity index (χ0n) is 20.3. The van der Waals surface area contributed by atoms with Crippen molar-refractivity contribution in [1.82, 2.24) is 4.57 Å². The van der Waals surface area contributed by atoms with Crippen molar-refractivity contribution in [2.45, 2.75) is 32.9 Å². The van der Waals surface area contributed by atoms with E-state index in [0.29, 0.717) is 44.9 Å². The maximum atomic E-state index is 14.0. The number of methoxy groups -OCH3 is 1. The highest BCUT2D eigenvalue weighted by Crippen LogP contribution is 2.37. The van der Waals surface area contributed by atoms with Gasteiger partial charge >= 0.3 is 0 Å². The molecule has 7 heteroatoms. The third-order valence-corrected chi connectivity index (χ3v) is 7.70. The molecule has 1 atom stereocenters. The van der Waals surface area contributed by atoms with Crippen molar-refractivity contribution < 1.29 is 4.74 Å². The quantitative estimate of drug-likeness (QED) is 0.265. The molecular weight excluding hydrogens is 515 g/mol. The number of pyridine rings is 1. The molecule has 4 rings (SSSR count). The number of hydrogen-bond acceptors (Lipinski definition) is 3. The molecule has 0 saturated heterocycles. The van der Waals surface area contributed by atoms with E-state index in [0.717, 1.165) is 27.9 Å². The largest absolute Gasteiger partial charge is 0.495 e. The predicted octanol–water partition coefficient (Wildman–Crippen LogP) is 7.39. The SMILES string of the molecule is COc1cccc(-c2c(C)c(Cc3c(Cl)cccc3Cl)c(C)n(CC(N)c3ccccc3)c2=O)c1Cl. The van der Waals surface area contributed by atoms with E-state index in [1.165, 1.54) is 0 Å². The Morgan fingerprint density at radius 3 is 2.17 bits per heavy atom. The second-order valence-corrected chi connectivity index (χ2v) is 9.89. The van der Waals surface area contributed by atoms with E-state index in [-0.39, 0.29) is 11.6 Å². The van der Waals surface area contributed by atoms with Gasteiger partial charge in [0.2, 0.25) is 0 Å². The van der Waals surface area contributed by atoms with Gasteiger partial charge in [0.05, 0.1) is 17.7 Å². The molecule has 1 heterocycles. The van der Waals surface area contributed by atoms with Crippen molar-refractivity contribution in [3.8, 4) is 16.9 Å². The van der Waals surface area contributed by atoms with Crippen molar-refractivity contribution >= 4 is 34.8 Å². The Labute approximate surface area is 226 Å². The van der Waals surface area contributed by atoms with Crippen molar-refractivity contribution in [3.05, 3.63) is 120 Å². The molecule has 0 spiro atoms. The lowest BCUT2D eigenvalue weighted by Gasteiger charge is -2.23. The first-order valence-electron chi connectivity index (χ1n) is 11.5. The molecule has 0 aliphatic carbocycles. The summed E-state index contributed by atoms with van der Waals surface area (Å²) in [4.78, 5) is 14.0. The molecule has 3 aromatic carbocycles. The maximum absolute atomic E-state index is 14.0. The molecule has 0 aliphatic heterocycles. The minimum atomic E-state index is -0.379. The van der Waals surface area contributed by atoms with Gasteiger partial charge in [-0.3, -0.25) is 4.79 Å². The second kappa shape index (κ2) is 11.1. The summed E-state index contributed by atoms with van der Waals surface area (Å²) in [6.45, 7) is 4.16. The van der Waals surface area contributed by atoms with Crippen LogP contribution >= 0.6 is 34.8 Å². The molecule has 2 N–H and O–H groups in total. The average Bonchev–Trinajstić information content (AvgIpc) is 2.87. The normalized spacial score (nSPS) is 12.0. The molecule has 0 saturated carbocycles. The van der Waals surface area contributed by atoms with Crippen molar-refractivity contribution in [2.24, 2.45) is 5.73 Å². The highest BCUT2D eigenvalue weighted by molar-refractivity contribution is 6.36. The Kier molecular flexibility index (Phi) is 8.11. The molecule has 0 amide bonds.